The minimum atomic E-state index is -3.71. The highest BCUT2D eigenvalue weighted by atomic mass is 32.2. The van der Waals surface area contributed by atoms with Crippen LogP contribution in [0, 0.1) is 0 Å². The van der Waals surface area contributed by atoms with E-state index in [4.69, 9.17) is 4.74 Å². The Morgan fingerprint density at radius 1 is 1.00 bits per heavy atom. The summed E-state index contributed by atoms with van der Waals surface area (Å²) in [7, 11) is -2.19. The van der Waals surface area contributed by atoms with Gasteiger partial charge in [0.05, 0.1) is 18.1 Å². The summed E-state index contributed by atoms with van der Waals surface area (Å²) in [5.41, 5.74) is 0.690. The highest BCUT2D eigenvalue weighted by molar-refractivity contribution is 7.89. The number of fused-ring (bicyclic) bond motifs is 1. The van der Waals surface area contributed by atoms with E-state index in [1.807, 2.05) is 36.4 Å². The smallest absolute Gasteiger partial charge is 0.240 e. The van der Waals surface area contributed by atoms with Crippen molar-refractivity contribution in [3.05, 3.63) is 72.3 Å². The quantitative estimate of drug-likeness (QED) is 0.711. The average molecular weight is 357 g/mol. The van der Waals surface area contributed by atoms with E-state index in [2.05, 4.69) is 4.72 Å². The number of hydrogen-bond donors (Lipinski definition) is 2. The molecule has 0 heterocycles. The molecule has 5 nitrogen and oxygen atoms in total. The molecule has 0 spiro atoms. The monoisotopic (exact) mass is 357 g/mol. The number of rotatable bonds is 6. The van der Waals surface area contributed by atoms with E-state index in [0.29, 0.717) is 11.3 Å². The van der Waals surface area contributed by atoms with Gasteiger partial charge in [-0.05, 0) is 40.6 Å². The van der Waals surface area contributed by atoms with Gasteiger partial charge < -0.3 is 9.84 Å². The maximum Gasteiger partial charge on any atom is 0.240 e. The van der Waals surface area contributed by atoms with Crippen LogP contribution in [0.3, 0.4) is 0 Å². The first-order valence-electron chi connectivity index (χ1n) is 7.81. The van der Waals surface area contributed by atoms with Crippen LogP contribution in [0.25, 0.3) is 10.8 Å². The van der Waals surface area contributed by atoms with Crippen molar-refractivity contribution in [2.75, 3.05) is 13.7 Å². The van der Waals surface area contributed by atoms with Gasteiger partial charge in [0.1, 0.15) is 5.75 Å². The molecule has 0 aliphatic rings. The van der Waals surface area contributed by atoms with Crippen molar-refractivity contribution in [3.8, 4) is 5.75 Å². The second-order valence-corrected chi connectivity index (χ2v) is 7.38. The van der Waals surface area contributed by atoms with Crippen LogP contribution in [-0.4, -0.2) is 27.2 Å². The summed E-state index contributed by atoms with van der Waals surface area (Å²) < 4.78 is 32.2. The Balaban J connectivity index is 1.77. The number of hydrogen-bond acceptors (Lipinski definition) is 4. The van der Waals surface area contributed by atoms with Crippen molar-refractivity contribution in [3.63, 3.8) is 0 Å². The molecular formula is C19H19NO4S. The van der Waals surface area contributed by atoms with Crippen molar-refractivity contribution < 1.29 is 18.3 Å². The molecule has 0 amide bonds. The van der Waals surface area contributed by atoms with Crippen LogP contribution in [0.2, 0.25) is 0 Å². The minimum absolute atomic E-state index is 0.109. The lowest BCUT2D eigenvalue weighted by molar-refractivity contribution is 0.183. The van der Waals surface area contributed by atoms with Crippen LogP contribution in [0.15, 0.2) is 71.6 Å². The second kappa shape index (κ2) is 7.23. The zero-order valence-electron chi connectivity index (χ0n) is 13.7. The van der Waals surface area contributed by atoms with Crippen molar-refractivity contribution in [1.82, 2.24) is 4.72 Å². The topological polar surface area (TPSA) is 75.6 Å². The molecule has 3 rings (SSSR count). The third-order valence-corrected chi connectivity index (χ3v) is 5.46. The van der Waals surface area contributed by atoms with E-state index in [1.165, 1.54) is 19.2 Å². The molecule has 3 aromatic carbocycles. The molecule has 6 heteroatoms. The molecule has 0 saturated heterocycles. The molecule has 0 radical (unpaired) electrons. The standard InChI is InChI=1S/C19H19NO4S/c1-24-15-9-11-16(12-10-15)25(22,23)20-13-19(21)18-8-4-6-14-5-2-3-7-17(14)18/h2-12,19-21H,13H2,1H3. The maximum absolute atomic E-state index is 12.4. The number of methoxy groups -OCH3 is 1. The number of benzene rings is 3. The first-order chi connectivity index (χ1) is 12.0. The number of aliphatic hydroxyl groups excluding tert-OH is 1. The van der Waals surface area contributed by atoms with Gasteiger partial charge in [0, 0.05) is 6.54 Å². The van der Waals surface area contributed by atoms with Crippen molar-refractivity contribution >= 4 is 20.8 Å². The number of aliphatic hydroxyl groups is 1. The van der Waals surface area contributed by atoms with E-state index in [9.17, 15) is 13.5 Å². The molecule has 0 saturated carbocycles. The Labute approximate surface area is 146 Å². The molecule has 1 unspecified atom stereocenters. The summed E-state index contributed by atoms with van der Waals surface area (Å²) >= 11 is 0. The summed E-state index contributed by atoms with van der Waals surface area (Å²) in [5.74, 6) is 0.578. The van der Waals surface area contributed by atoms with Crippen LogP contribution in [-0.2, 0) is 10.0 Å². The van der Waals surface area contributed by atoms with Crippen LogP contribution < -0.4 is 9.46 Å². The molecule has 0 aliphatic carbocycles. The van der Waals surface area contributed by atoms with Gasteiger partial charge in [-0.1, -0.05) is 42.5 Å². The fourth-order valence-electron chi connectivity index (χ4n) is 2.68. The van der Waals surface area contributed by atoms with Crippen LogP contribution in [0.4, 0.5) is 0 Å². The molecule has 1 atom stereocenters. The zero-order valence-corrected chi connectivity index (χ0v) is 14.5. The highest BCUT2D eigenvalue weighted by Crippen LogP contribution is 2.24. The third-order valence-electron chi connectivity index (χ3n) is 4.02. The molecular weight excluding hydrogens is 338 g/mol. The van der Waals surface area contributed by atoms with E-state index in [1.54, 1.807) is 18.2 Å². The van der Waals surface area contributed by atoms with E-state index in [0.717, 1.165) is 10.8 Å². The van der Waals surface area contributed by atoms with Gasteiger partial charge in [-0.2, -0.15) is 0 Å². The van der Waals surface area contributed by atoms with Crippen LogP contribution >= 0.6 is 0 Å². The fourth-order valence-corrected chi connectivity index (χ4v) is 3.72. The van der Waals surface area contributed by atoms with E-state index < -0.39 is 16.1 Å². The number of nitrogens with one attached hydrogen (secondary N) is 1. The minimum Gasteiger partial charge on any atom is -0.497 e. The Bertz CT molecular complexity index is 963. The van der Waals surface area contributed by atoms with Crippen molar-refractivity contribution in [1.29, 1.82) is 0 Å². The SMILES string of the molecule is COc1ccc(S(=O)(=O)NCC(O)c2cccc3ccccc23)cc1. The second-order valence-electron chi connectivity index (χ2n) is 5.61. The lowest BCUT2D eigenvalue weighted by Gasteiger charge is -2.15. The summed E-state index contributed by atoms with van der Waals surface area (Å²) in [6.45, 7) is -0.109. The molecule has 0 aromatic heterocycles. The van der Waals surface area contributed by atoms with Gasteiger partial charge in [0.25, 0.3) is 0 Å². The van der Waals surface area contributed by atoms with Gasteiger partial charge in [-0.15, -0.1) is 0 Å². The fraction of sp³-hybridized carbons (Fsp3) is 0.158. The molecule has 0 aliphatic heterocycles. The molecule has 3 aromatic rings. The molecule has 25 heavy (non-hydrogen) atoms. The first kappa shape index (κ1) is 17.4. The Morgan fingerprint density at radius 2 is 1.68 bits per heavy atom. The maximum atomic E-state index is 12.4. The lowest BCUT2D eigenvalue weighted by atomic mass is 10.0. The normalized spacial score (nSPS) is 12.9. The molecule has 130 valence electrons. The number of sulfonamides is 1. The first-order valence-corrected chi connectivity index (χ1v) is 9.29. The molecule has 0 fully saturated rings. The lowest BCUT2D eigenvalue weighted by Crippen LogP contribution is -2.28. The van der Waals surface area contributed by atoms with E-state index >= 15 is 0 Å². The largest absolute Gasteiger partial charge is 0.497 e. The van der Waals surface area contributed by atoms with Crippen LogP contribution in [0.1, 0.15) is 11.7 Å². The average Bonchev–Trinajstić information content (AvgIpc) is 2.65. The van der Waals surface area contributed by atoms with Gasteiger partial charge in [-0.25, -0.2) is 13.1 Å². The molecule has 0 bridgehead atoms. The summed E-state index contributed by atoms with van der Waals surface area (Å²) in [6.07, 6.45) is -0.945. The van der Waals surface area contributed by atoms with Gasteiger partial charge in [0.15, 0.2) is 0 Å². The van der Waals surface area contributed by atoms with Crippen LogP contribution in [0.5, 0.6) is 5.75 Å². The zero-order chi connectivity index (χ0) is 17.9. The summed E-state index contributed by atoms with van der Waals surface area (Å²) in [4.78, 5) is 0.124. The summed E-state index contributed by atoms with van der Waals surface area (Å²) in [5, 5.41) is 12.4. The van der Waals surface area contributed by atoms with Crippen molar-refractivity contribution in [2.45, 2.75) is 11.0 Å². The number of ether oxygens (including phenoxy) is 1. The predicted octanol–water partition coefficient (Wildman–Crippen LogP) is 2.86. The Kier molecular flexibility index (Phi) is 5.03. The summed E-state index contributed by atoms with van der Waals surface area (Å²) in [6, 6.07) is 19.4. The van der Waals surface area contributed by atoms with Gasteiger partial charge in [-0.3, -0.25) is 0 Å². The highest BCUT2D eigenvalue weighted by Gasteiger charge is 2.18. The molecule has 2 N–H and O–H groups in total. The van der Waals surface area contributed by atoms with Gasteiger partial charge >= 0.3 is 0 Å². The predicted molar refractivity (Wildman–Crippen MR) is 97.1 cm³/mol. The van der Waals surface area contributed by atoms with Gasteiger partial charge in [0.2, 0.25) is 10.0 Å². The Hall–Kier alpha value is -2.41. The Morgan fingerprint density at radius 3 is 2.40 bits per heavy atom. The van der Waals surface area contributed by atoms with E-state index in [-0.39, 0.29) is 11.4 Å². The third kappa shape index (κ3) is 3.82. The van der Waals surface area contributed by atoms with Crippen molar-refractivity contribution in [2.24, 2.45) is 0 Å².